The van der Waals surface area contributed by atoms with Crippen LogP contribution in [0.15, 0.2) is 54.2 Å². The van der Waals surface area contributed by atoms with Gasteiger partial charge in [-0.2, -0.15) is 0 Å². The molecule has 1 aromatic carbocycles. The fourth-order valence-electron chi connectivity index (χ4n) is 2.69. The Morgan fingerprint density at radius 3 is 2.71 bits per heavy atom. The van der Waals surface area contributed by atoms with Crippen molar-refractivity contribution in [1.82, 2.24) is 10.5 Å². The molecule has 0 aliphatic carbocycles. The van der Waals surface area contributed by atoms with Crippen LogP contribution in [0.25, 0.3) is 5.70 Å². The maximum atomic E-state index is 14.3. The predicted octanol–water partition coefficient (Wildman–Crippen LogP) is 1.49. The molecule has 0 bridgehead atoms. The molecule has 2 aliphatic heterocycles. The third kappa shape index (κ3) is 2.16. The maximum Gasteiger partial charge on any atom is 0.234 e. The first-order valence-corrected chi connectivity index (χ1v) is 7.05. The Morgan fingerprint density at radius 1 is 1.21 bits per heavy atom. The summed E-state index contributed by atoms with van der Waals surface area (Å²) in [5.74, 6) is -0.507. The van der Waals surface area contributed by atoms with E-state index in [1.54, 1.807) is 30.5 Å². The van der Waals surface area contributed by atoms with Crippen molar-refractivity contribution in [3.63, 3.8) is 0 Å². The molecule has 0 saturated carbocycles. The first-order chi connectivity index (χ1) is 11.1. The van der Waals surface area contributed by atoms with E-state index < -0.39 is 5.82 Å². The Labute approximate surface area is 137 Å². The standard InChI is InChI=1S/C16H14FN5O.H2O/c1-9-5-6-10(8-19-9)21-16(23)14-7-13(18)11-3-2-4-12(17)15(11)22(14)20-21;/h2-8,20,23H,18H2,1H3;1H2. The van der Waals surface area contributed by atoms with Gasteiger partial charge in [-0.05, 0) is 31.2 Å². The number of halogens is 1. The molecule has 2 aromatic rings. The average Bonchev–Trinajstić information content (AvgIpc) is 2.86. The van der Waals surface area contributed by atoms with Gasteiger partial charge >= 0.3 is 0 Å². The van der Waals surface area contributed by atoms with E-state index in [4.69, 9.17) is 5.73 Å². The zero-order chi connectivity index (χ0) is 16.1. The van der Waals surface area contributed by atoms with Crippen LogP contribution in [-0.2, 0) is 0 Å². The number of aliphatic hydroxyl groups excluding tert-OH is 1. The normalized spacial score (nSPS) is 15.7. The Morgan fingerprint density at radius 2 is 2.00 bits per heavy atom. The van der Waals surface area contributed by atoms with Crippen molar-refractivity contribution in [2.45, 2.75) is 6.92 Å². The fourth-order valence-corrected chi connectivity index (χ4v) is 2.69. The van der Waals surface area contributed by atoms with Gasteiger partial charge < -0.3 is 16.3 Å². The second-order valence-corrected chi connectivity index (χ2v) is 5.37. The second kappa shape index (κ2) is 5.52. The smallest absolute Gasteiger partial charge is 0.234 e. The molecule has 4 rings (SSSR count). The molecule has 0 unspecified atom stereocenters. The van der Waals surface area contributed by atoms with Crippen LogP contribution < -0.4 is 21.3 Å². The summed E-state index contributed by atoms with van der Waals surface area (Å²) in [7, 11) is 0. The average molecular weight is 329 g/mol. The lowest BCUT2D eigenvalue weighted by atomic mass is 10.0. The van der Waals surface area contributed by atoms with Gasteiger partial charge in [0.1, 0.15) is 17.2 Å². The Bertz CT molecular complexity index is 863. The number of aliphatic hydroxyl groups is 1. The lowest BCUT2D eigenvalue weighted by Gasteiger charge is -2.28. The Kier molecular flexibility index (Phi) is 3.63. The van der Waals surface area contributed by atoms with Crippen LogP contribution in [0.5, 0.6) is 0 Å². The number of allylic oxidation sites excluding steroid dienone is 1. The molecule has 7 nitrogen and oxygen atoms in total. The topological polar surface area (TPSA) is 109 Å². The van der Waals surface area contributed by atoms with Gasteiger partial charge in [0, 0.05) is 17.0 Å². The molecule has 3 heterocycles. The van der Waals surface area contributed by atoms with Crippen LogP contribution in [0.3, 0.4) is 0 Å². The van der Waals surface area contributed by atoms with E-state index in [1.165, 1.54) is 16.1 Å². The predicted molar refractivity (Wildman–Crippen MR) is 88.9 cm³/mol. The second-order valence-electron chi connectivity index (χ2n) is 5.37. The zero-order valence-electron chi connectivity index (χ0n) is 12.8. The van der Waals surface area contributed by atoms with Gasteiger partial charge in [-0.1, -0.05) is 12.1 Å². The van der Waals surface area contributed by atoms with Crippen molar-refractivity contribution in [3.8, 4) is 0 Å². The summed E-state index contributed by atoms with van der Waals surface area (Å²) in [6.07, 6.45) is 3.22. The Balaban J connectivity index is 0.00000169. The number of pyridine rings is 1. The van der Waals surface area contributed by atoms with E-state index in [0.717, 1.165) is 5.69 Å². The van der Waals surface area contributed by atoms with Crippen LogP contribution >= 0.6 is 0 Å². The molecule has 6 N–H and O–H groups in total. The van der Waals surface area contributed by atoms with Gasteiger partial charge in [-0.25, -0.2) is 14.4 Å². The van der Waals surface area contributed by atoms with E-state index >= 15 is 0 Å². The van der Waals surface area contributed by atoms with Crippen molar-refractivity contribution >= 4 is 17.1 Å². The lowest BCUT2D eigenvalue weighted by molar-refractivity contribution is 0.388. The van der Waals surface area contributed by atoms with Crippen molar-refractivity contribution in [3.05, 3.63) is 71.3 Å². The molecule has 0 spiro atoms. The van der Waals surface area contributed by atoms with Gasteiger partial charge in [-0.3, -0.25) is 4.98 Å². The molecular weight excluding hydrogens is 313 g/mol. The molecule has 1 aromatic heterocycles. The van der Waals surface area contributed by atoms with Gasteiger partial charge in [0.25, 0.3) is 0 Å². The summed E-state index contributed by atoms with van der Waals surface area (Å²) < 4.78 is 14.3. The highest BCUT2D eigenvalue weighted by molar-refractivity contribution is 5.84. The zero-order valence-corrected chi connectivity index (χ0v) is 12.8. The molecule has 24 heavy (non-hydrogen) atoms. The number of hydrogen-bond donors (Lipinski definition) is 3. The molecule has 2 aliphatic rings. The number of aromatic nitrogens is 1. The molecule has 0 atom stereocenters. The highest BCUT2D eigenvalue weighted by Crippen LogP contribution is 2.39. The number of nitrogens with zero attached hydrogens (tertiary/aromatic N) is 3. The third-order valence-electron chi connectivity index (χ3n) is 3.85. The quantitative estimate of drug-likeness (QED) is 0.731. The number of benzene rings is 1. The van der Waals surface area contributed by atoms with Gasteiger partial charge in [0.05, 0.1) is 11.9 Å². The summed E-state index contributed by atoms with van der Waals surface area (Å²) in [6.45, 7) is 1.87. The largest absolute Gasteiger partial charge is 0.492 e. The number of fused-ring (bicyclic) bond motifs is 3. The van der Waals surface area contributed by atoms with Gasteiger partial charge in [0.2, 0.25) is 5.88 Å². The van der Waals surface area contributed by atoms with E-state index in [-0.39, 0.29) is 17.0 Å². The number of aryl methyl sites for hydroxylation is 1. The number of rotatable bonds is 1. The number of hydrogen-bond acceptors (Lipinski definition) is 6. The number of hydrazine groups is 2. The summed E-state index contributed by atoms with van der Waals surface area (Å²) in [6, 6.07) is 8.31. The van der Waals surface area contributed by atoms with Crippen LogP contribution in [0.2, 0.25) is 0 Å². The fraction of sp³-hybridized carbons (Fsp3) is 0.0625. The molecular formula is C16H16FN5O2. The van der Waals surface area contributed by atoms with Gasteiger partial charge in [0.15, 0.2) is 0 Å². The first-order valence-electron chi connectivity index (χ1n) is 7.05. The van der Waals surface area contributed by atoms with E-state index in [9.17, 15) is 9.50 Å². The number of para-hydroxylation sites is 1. The highest BCUT2D eigenvalue weighted by atomic mass is 19.1. The highest BCUT2D eigenvalue weighted by Gasteiger charge is 2.35. The van der Waals surface area contributed by atoms with Gasteiger partial charge in [-0.15, -0.1) is 5.53 Å². The molecule has 0 fully saturated rings. The van der Waals surface area contributed by atoms with Crippen LogP contribution in [0.4, 0.5) is 15.8 Å². The summed E-state index contributed by atoms with van der Waals surface area (Å²) in [5, 5.41) is 13.4. The molecule has 8 heteroatoms. The summed E-state index contributed by atoms with van der Waals surface area (Å²) in [4.78, 5) is 4.20. The lowest BCUT2D eigenvalue weighted by Crippen LogP contribution is -2.43. The van der Waals surface area contributed by atoms with Crippen molar-refractivity contribution in [2.75, 3.05) is 10.0 Å². The maximum absolute atomic E-state index is 14.3. The third-order valence-corrected chi connectivity index (χ3v) is 3.85. The van der Waals surface area contributed by atoms with Crippen LogP contribution in [-0.4, -0.2) is 15.6 Å². The van der Waals surface area contributed by atoms with E-state index in [0.29, 0.717) is 22.6 Å². The van der Waals surface area contributed by atoms with Crippen LogP contribution in [0.1, 0.15) is 11.3 Å². The van der Waals surface area contributed by atoms with Crippen molar-refractivity contribution < 1.29 is 15.0 Å². The summed E-state index contributed by atoms with van der Waals surface area (Å²) >= 11 is 0. The number of anilines is 2. The van der Waals surface area contributed by atoms with E-state index in [2.05, 4.69) is 10.5 Å². The number of nitrogens with one attached hydrogen (secondary N) is 1. The van der Waals surface area contributed by atoms with E-state index in [1.807, 2.05) is 13.0 Å². The SMILES string of the molecule is Cc1ccc(N2NN3C(=C2O)C=C(N)c2cccc(F)c23)cn1.O. The monoisotopic (exact) mass is 329 g/mol. The van der Waals surface area contributed by atoms with Crippen LogP contribution in [0, 0.1) is 12.7 Å². The molecule has 0 amide bonds. The van der Waals surface area contributed by atoms with Crippen molar-refractivity contribution in [1.29, 1.82) is 0 Å². The summed E-state index contributed by atoms with van der Waals surface area (Å²) in [5.41, 5.74) is 12.1. The molecule has 0 radical (unpaired) electrons. The number of nitrogens with two attached hydrogens (primary N) is 1. The minimum Gasteiger partial charge on any atom is -0.492 e. The molecule has 124 valence electrons. The minimum absolute atomic E-state index is 0. The van der Waals surface area contributed by atoms with Crippen molar-refractivity contribution in [2.24, 2.45) is 5.73 Å². The minimum atomic E-state index is -0.430. The molecule has 0 saturated heterocycles. The first kappa shape index (κ1) is 15.8. The Hall–Kier alpha value is -3.10.